The maximum atomic E-state index is 12.4. The van der Waals surface area contributed by atoms with Gasteiger partial charge in [0, 0.05) is 5.56 Å². The molecule has 0 saturated carbocycles. The van der Waals surface area contributed by atoms with Crippen LogP contribution in [0.15, 0.2) is 53.4 Å². The highest BCUT2D eigenvalue weighted by molar-refractivity contribution is 8.18. The van der Waals surface area contributed by atoms with Gasteiger partial charge in [-0.15, -0.1) is 0 Å². The largest absolute Gasteiger partial charge is 0.507 e. The summed E-state index contributed by atoms with van der Waals surface area (Å²) in [5, 5.41) is 9.46. The minimum Gasteiger partial charge on any atom is -0.507 e. The third-order valence-corrected chi connectivity index (χ3v) is 4.61. The number of rotatable bonds is 5. The molecule has 6 heteroatoms. The Morgan fingerprint density at radius 2 is 1.84 bits per heavy atom. The van der Waals surface area contributed by atoms with Crippen LogP contribution in [0.25, 0.3) is 6.08 Å². The first kappa shape index (κ1) is 17.1. The van der Waals surface area contributed by atoms with E-state index in [1.54, 1.807) is 18.2 Å². The summed E-state index contributed by atoms with van der Waals surface area (Å²) in [6.07, 6.45) is 1.53. The van der Waals surface area contributed by atoms with Crippen LogP contribution in [0.2, 0.25) is 0 Å². The maximum absolute atomic E-state index is 12.4. The summed E-state index contributed by atoms with van der Waals surface area (Å²) in [4.78, 5) is 25.9. The smallest absolute Gasteiger partial charge is 0.293 e. The fourth-order valence-corrected chi connectivity index (χ4v) is 3.19. The average Bonchev–Trinajstić information content (AvgIpc) is 2.86. The van der Waals surface area contributed by atoms with Gasteiger partial charge < -0.3 is 9.84 Å². The van der Waals surface area contributed by atoms with Gasteiger partial charge in [-0.2, -0.15) is 0 Å². The molecule has 2 aromatic rings. The van der Waals surface area contributed by atoms with Crippen molar-refractivity contribution in [2.24, 2.45) is 0 Å². The molecule has 1 saturated heterocycles. The highest BCUT2D eigenvalue weighted by Gasteiger charge is 2.34. The molecule has 1 N–H and O–H groups in total. The van der Waals surface area contributed by atoms with Crippen molar-refractivity contribution < 1.29 is 19.4 Å². The molecule has 0 bridgehead atoms. The molecule has 1 fully saturated rings. The van der Waals surface area contributed by atoms with Crippen LogP contribution in [0.3, 0.4) is 0 Å². The van der Waals surface area contributed by atoms with Crippen molar-refractivity contribution in [3.8, 4) is 11.5 Å². The minimum atomic E-state index is -0.370. The zero-order valence-electron chi connectivity index (χ0n) is 13.6. The second-order valence-electron chi connectivity index (χ2n) is 5.55. The SMILES string of the molecule is Cc1ccc(OCCN2C(=O)S/C(=C\c3ccccc3O)C2=O)cc1. The fourth-order valence-electron chi connectivity index (χ4n) is 2.33. The first-order valence-corrected chi connectivity index (χ1v) is 8.59. The van der Waals surface area contributed by atoms with Crippen molar-refractivity contribution in [3.05, 3.63) is 64.6 Å². The normalized spacial score (nSPS) is 15.9. The minimum absolute atomic E-state index is 0.0667. The summed E-state index contributed by atoms with van der Waals surface area (Å²) in [5.74, 6) is 0.394. The number of benzene rings is 2. The number of para-hydroxylation sites is 1. The van der Waals surface area contributed by atoms with Gasteiger partial charge >= 0.3 is 0 Å². The molecule has 2 amide bonds. The number of hydrogen-bond donors (Lipinski definition) is 1. The Balaban J connectivity index is 1.63. The number of ether oxygens (including phenoxy) is 1. The van der Waals surface area contributed by atoms with E-state index in [9.17, 15) is 14.7 Å². The van der Waals surface area contributed by atoms with Crippen LogP contribution < -0.4 is 4.74 Å². The van der Waals surface area contributed by atoms with Crippen LogP contribution >= 0.6 is 11.8 Å². The molecular formula is C19H17NO4S. The van der Waals surface area contributed by atoms with E-state index in [1.165, 1.54) is 12.1 Å². The van der Waals surface area contributed by atoms with E-state index in [0.29, 0.717) is 16.2 Å². The summed E-state index contributed by atoms with van der Waals surface area (Å²) in [5.41, 5.74) is 1.64. The number of phenols is 1. The van der Waals surface area contributed by atoms with Crippen molar-refractivity contribution in [2.45, 2.75) is 6.92 Å². The molecule has 1 aliphatic rings. The molecular weight excluding hydrogens is 338 g/mol. The third-order valence-electron chi connectivity index (χ3n) is 3.70. The average molecular weight is 355 g/mol. The van der Waals surface area contributed by atoms with Crippen LogP contribution in [0.5, 0.6) is 11.5 Å². The van der Waals surface area contributed by atoms with Gasteiger partial charge in [0.25, 0.3) is 11.1 Å². The lowest BCUT2D eigenvalue weighted by Gasteiger charge is -2.13. The first-order chi connectivity index (χ1) is 12.0. The maximum Gasteiger partial charge on any atom is 0.293 e. The fraction of sp³-hybridized carbons (Fsp3) is 0.158. The Labute approximate surface area is 149 Å². The van der Waals surface area contributed by atoms with Gasteiger partial charge in [0.15, 0.2) is 0 Å². The highest BCUT2D eigenvalue weighted by Crippen LogP contribution is 2.33. The van der Waals surface area contributed by atoms with Crippen molar-refractivity contribution in [1.82, 2.24) is 4.90 Å². The van der Waals surface area contributed by atoms with E-state index in [0.717, 1.165) is 22.2 Å². The lowest BCUT2D eigenvalue weighted by atomic mass is 10.2. The molecule has 25 heavy (non-hydrogen) atoms. The van der Waals surface area contributed by atoms with Gasteiger partial charge in [-0.05, 0) is 43.0 Å². The summed E-state index contributed by atoms with van der Waals surface area (Å²) in [6.45, 7) is 2.39. The molecule has 1 aliphatic heterocycles. The number of carbonyl (C=O) groups excluding carboxylic acids is 2. The Hall–Kier alpha value is -2.73. The van der Waals surface area contributed by atoms with E-state index in [-0.39, 0.29) is 30.0 Å². The Morgan fingerprint density at radius 1 is 1.12 bits per heavy atom. The van der Waals surface area contributed by atoms with E-state index in [1.807, 2.05) is 31.2 Å². The summed E-state index contributed by atoms with van der Waals surface area (Å²) in [6, 6.07) is 14.2. The van der Waals surface area contributed by atoms with Crippen LogP contribution in [0.4, 0.5) is 4.79 Å². The molecule has 0 radical (unpaired) electrons. The molecule has 2 aromatic carbocycles. The molecule has 0 unspecified atom stereocenters. The molecule has 0 spiro atoms. The summed E-state index contributed by atoms with van der Waals surface area (Å²) >= 11 is 0.865. The number of amides is 2. The monoisotopic (exact) mass is 355 g/mol. The van der Waals surface area contributed by atoms with E-state index >= 15 is 0 Å². The Morgan fingerprint density at radius 3 is 2.56 bits per heavy atom. The van der Waals surface area contributed by atoms with Gasteiger partial charge in [-0.3, -0.25) is 14.5 Å². The molecule has 5 nitrogen and oxygen atoms in total. The number of imide groups is 1. The number of aromatic hydroxyl groups is 1. The summed E-state index contributed by atoms with van der Waals surface area (Å²) < 4.78 is 5.58. The number of thioether (sulfide) groups is 1. The molecule has 0 atom stereocenters. The lowest BCUT2D eigenvalue weighted by Crippen LogP contribution is -2.32. The van der Waals surface area contributed by atoms with Crippen molar-refractivity contribution in [2.75, 3.05) is 13.2 Å². The third kappa shape index (κ3) is 4.03. The van der Waals surface area contributed by atoms with Crippen LogP contribution in [-0.2, 0) is 4.79 Å². The lowest BCUT2D eigenvalue weighted by molar-refractivity contribution is -0.123. The van der Waals surface area contributed by atoms with E-state index < -0.39 is 0 Å². The topological polar surface area (TPSA) is 66.8 Å². The van der Waals surface area contributed by atoms with Crippen LogP contribution in [0.1, 0.15) is 11.1 Å². The van der Waals surface area contributed by atoms with Crippen molar-refractivity contribution >= 4 is 29.0 Å². The number of carbonyl (C=O) groups is 2. The quantitative estimate of drug-likeness (QED) is 0.826. The number of nitrogens with zero attached hydrogens (tertiary/aromatic N) is 1. The second-order valence-corrected chi connectivity index (χ2v) is 6.55. The van der Waals surface area contributed by atoms with Gasteiger partial charge in [0.2, 0.25) is 0 Å². The molecule has 0 aliphatic carbocycles. The Bertz CT molecular complexity index is 830. The number of hydrogen-bond acceptors (Lipinski definition) is 5. The summed E-state index contributed by atoms with van der Waals surface area (Å²) in [7, 11) is 0. The van der Waals surface area contributed by atoms with Gasteiger partial charge in [0.1, 0.15) is 18.1 Å². The standard InChI is InChI=1S/C19H17NO4S/c1-13-6-8-15(9-7-13)24-11-10-20-18(22)17(25-19(20)23)12-14-4-2-3-5-16(14)21/h2-9,12,21H,10-11H2,1H3/b17-12-. The van der Waals surface area contributed by atoms with Gasteiger partial charge in [-0.1, -0.05) is 35.9 Å². The van der Waals surface area contributed by atoms with E-state index in [2.05, 4.69) is 0 Å². The number of aryl methyl sites for hydroxylation is 1. The van der Waals surface area contributed by atoms with Crippen LogP contribution in [0, 0.1) is 6.92 Å². The zero-order valence-corrected chi connectivity index (χ0v) is 14.5. The first-order valence-electron chi connectivity index (χ1n) is 7.77. The predicted octanol–water partition coefficient (Wildman–Crippen LogP) is 3.82. The van der Waals surface area contributed by atoms with E-state index in [4.69, 9.17) is 4.74 Å². The molecule has 0 aromatic heterocycles. The molecule has 3 rings (SSSR count). The van der Waals surface area contributed by atoms with Crippen molar-refractivity contribution in [3.63, 3.8) is 0 Å². The van der Waals surface area contributed by atoms with Crippen LogP contribution in [-0.4, -0.2) is 34.3 Å². The van der Waals surface area contributed by atoms with Crippen molar-refractivity contribution in [1.29, 1.82) is 0 Å². The molecule has 1 heterocycles. The van der Waals surface area contributed by atoms with Gasteiger partial charge in [0.05, 0.1) is 11.4 Å². The zero-order chi connectivity index (χ0) is 17.8. The Kier molecular flexibility index (Phi) is 5.09. The predicted molar refractivity (Wildman–Crippen MR) is 97.5 cm³/mol. The van der Waals surface area contributed by atoms with Gasteiger partial charge in [-0.25, -0.2) is 0 Å². The number of phenolic OH excluding ortho intramolecular Hbond substituents is 1. The second kappa shape index (κ2) is 7.44. The highest BCUT2D eigenvalue weighted by atomic mass is 32.2. The molecule has 128 valence electrons.